The molecule has 3 rings (SSSR count). The molecular formula is C24H46N2O. The molecule has 0 amide bonds. The van der Waals surface area contributed by atoms with Crippen molar-refractivity contribution >= 4 is 5.78 Å². The number of carbonyl (C=O) groups excluding carboxylic acids is 1. The van der Waals surface area contributed by atoms with Gasteiger partial charge in [-0.05, 0) is 89.4 Å². The van der Waals surface area contributed by atoms with Gasteiger partial charge in [0, 0.05) is 24.4 Å². The highest BCUT2D eigenvalue weighted by Gasteiger charge is 2.31. The van der Waals surface area contributed by atoms with Gasteiger partial charge < -0.3 is 9.80 Å². The quantitative estimate of drug-likeness (QED) is 0.653. The molecule has 0 aromatic rings. The Bertz CT molecular complexity index is 412. The molecule has 2 aliphatic heterocycles. The van der Waals surface area contributed by atoms with E-state index >= 15 is 0 Å². The van der Waals surface area contributed by atoms with Crippen molar-refractivity contribution in [2.75, 3.05) is 32.7 Å². The molecule has 3 heteroatoms. The molecule has 2 saturated heterocycles. The Morgan fingerprint density at radius 1 is 0.852 bits per heavy atom. The van der Waals surface area contributed by atoms with E-state index in [1.807, 2.05) is 13.8 Å². The molecule has 0 N–H and O–H groups in total. The first-order valence-corrected chi connectivity index (χ1v) is 12.0. The Labute approximate surface area is 169 Å². The molecule has 3 fully saturated rings. The highest BCUT2D eigenvalue weighted by molar-refractivity contribution is 5.82. The fourth-order valence-electron chi connectivity index (χ4n) is 5.32. The summed E-state index contributed by atoms with van der Waals surface area (Å²) in [5.41, 5.74) is 0. The normalized spacial score (nSPS) is 29.4. The molecule has 0 spiro atoms. The Kier molecular flexibility index (Phi) is 9.79. The molecule has 0 unspecified atom stereocenters. The van der Waals surface area contributed by atoms with Crippen LogP contribution in [0.25, 0.3) is 0 Å². The van der Waals surface area contributed by atoms with Crippen molar-refractivity contribution in [2.24, 2.45) is 23.7 Å². The third-order valence-corrected chi connectivity index (χ3v) is 7.23. The van der Waals surface area contributed by atoms with Crippen molar-refractivity contribution in [2.45, 2.75) is 92.0 Å². The van der Waals surface area contributed by atoms with Crippen LogP contribution < -0.4 is 0 Å². The van der Waals surface area contributed by atoms with Gasteiger partial charge in [-0.3, -0.25) is 4.79 Å². The topological polar surface area (TPSA) is 23.6 Å². The number of nitrogens with zero attached hydrogens (tertiary/aromatic N) is 2. The van der Waals surface area contributed by atoms with Gasteiger partial charge in [0.05, 0.1) is 0 Å². The first-order chi connectivity index (χ1) is 13.0. The summed E-state index contributed by atoms with van der Waals surface area (Å²) in [5, 5.41) is 0. The van der Waals surface area contributed by atoms with Crippen LogP contribution in [0.3, 0.4) is 0 Å². The predicted molar refractivity (Wildman–Crippen MR) is 116 cm³/mol. The molecule has 0 aromatic carbocycles. The fraction of sp³-hybridized carbons (Fsp3) is 0.958. The van der Waals surface area contributed by atoms with E-state index < -0.39 is 0 Å². The largest absolute Gasteiger partial charge is 0.303 e. The second-order valence-electron chi connectivity index (χ2n) is 9.52. The zero-order valence-corrected chi connectivity index (χ0v) is 18.9. The van der Waals surface area contributed by atoms with E-state index in [0.717, 1.165) is 43.8 Å². The van der Waals surface area contributed by atoms with Gasteiger partial charge in [0.15, 0.2) is 0 Å². The van der Waals surface area contributed by atoms with Crippen molar-refractivity contribution in [3.8, 4) is 0 Å². The summed E-state index contributed by atoms with van der Waals surface area (Å²) in [4.78, 5) is 17.6. The number of likely N-dealkylation sites (tertiary alicyclic amines) is 2. The Hall–Kier alpha value is -0.410. The Balaban J connectivity index is 0.00000126. The van der Waals surface area contributed by atoms with Crippen LogP contribution in [0.4, 0.5) is 0 Å². The number of carbonyl (C=O) groups is 1. The lowest BCUT2D eigenvalue weighted by molar-refractivity contribution is -0.127. The van der Waals surface area contributed by atoms with Crippen LogP contribution in [0.15, 0.2) is 0 Å². The number of hydrogen-bond acceptors (Lipinski definition) is 3. The predicted octanol–water partition coefficient (Wildman–Crippen LogP) is 5.24. The summed E-state index contributed by atoms with van der Waals surface area (Å²) in [6.07, 6.45) is 10.7. The van der Waals surface area contributed by atoms with Crippen LogP contribution in [-0.4, -0.2) is 54.3 Å². The van der Waals surface area contributed by atoms with Crippen LogP contribution >= 0.6 is 0 Å². The van der Waals surface area contributed by atoms with E-state index in [1.54, 1.807) is 0 Å². The highest BCUT2D eigenvalue weighted by atomic mass is 16.1. The van der Waals surface area contributed by atoms with Gasteiger partial charge >= 0.3 is 0 Å². The minimum absolute atomic E-state index is 0.213. The molecule has 0 aromatic heterocycles. The number of Topliss-reactive ketones (excluding diaryl/α,β-unsaturated/α-hetero) is 1. The summed E-state index contributed by atoms with van der Waals surface area (Å²) in [5.74, 6) is 2.89. The monoisotopic (exact) mass is 378 g/mol. The van der Waals surface area contributed by atoms with E-state index in [-0.39, 0.29) is 5.92 Å². The number of ketones is 1. The van der Waals surface area contributed by atoms with Crippen molar-refractivity contribution in [1.29, 1.82) is 0 Å². The molecule has 0 atom stereocenters. The van der Waals surface area contributed by atoms with Gasteiger partial charge in [-0.25, -0.2) is 0 Å². The standard InChI is InChI=1S/C22H40N2O.C2H6/c1-17(2)22(25)20-10-12-23(13-11-20)16-19-4-6-21(7-5-19)24-14-8-18(3)9-15-24;1-2/h17-21H,4-16H2,1-3H3;1-2H3. The average molecular weight is 379 g/mol. The van der Waals surface area contributed by atoms with Crippen molar-refractivity contribution < 1.29 is 4.79 Å². The summed E-state index contributed by atoms with van der Waals surface area (Å²) < 4.78 is 0. The average Bonchev–Trinajstić information content (AvgIpc) is 2.71. The molecule has 3 aliphatic rings. The maximum absolute atomic E-state index is 12.2. The van der Waals surface area contributed by atoms with E-state index in [0.29, 0.717) is 11.7 Å². The summed E-state index contributed by atoms with van der Waals surface area (Å²) >= 11 is 0. The molecule has 3 nitrogen and oxygen atoms in total. The highest BCUT2D eigenvalue weighted by Crippen LogP contribution is 2.31. The molecule has 27 heavy (non-hydrogen) atoms. The van der Waals surface area contributed by atoms with Gasteiger partial charge in [0.1, 0.15) is 5.78 Å². The van der Waals surface area contributed by atoms with Crippen molar-refractivity contribution in [3.63, 3.8) is 0 Å². The van der Waals surface area contributed by atoms with E-state index in [4.69, 9.17) is 0 Å². The summed E-state index contributed by atoms with van der Waals surface area (Å²) in [6.45, 7) is 16.8. The minimum atomic E-state index is 0.213. The van der Waals surface area contributed by atoms with Crippen LogP contribution in [0.1, 0.15) is 86.0 Å². The lowest BCUT2D eigenvalue weighted by Crippen LogP contribution is -2.44. The Morgan fingerprint density at radius 3 is 1.93 bits per heavy atom. The summed E-state index contributed by atoms with van der Waals surface area (Å²) in [7, 11) is 0. The molecule has 0 radical (unpaired) electrons. The maximum atomic E-state index is 12.2. The zero-order valence-electron chi connectivity index (χ0n) is 18.9. The molecule has 1 aliphatic carbocycles. The fourth-order valence-corrected chi connectivity index (χ4v) is 5.32. The first-order valence-electron chi connectivity index (χ1n) is 12.0. The lowest BCUT2D eigenvalue weighted by atomic mass is 9.83. The van der Waals surface area contributed by atoms with Crippen molar-refractivity contribution in [1.82, 2.24) is 9.80 Å². The molecule has 158 valence electrons. The summed E-state index contributed by atoms with van der Waals surface area (Å²) in [6, 6.07) is 0.873. The molecular weight excluding hydrogens is 332 g/mol. The third kappa shape index (κ3) is 6.85. The van der Waals surface area contributed by atoms with E-state index in [9.17, 15) is 4.79 Å². The van der Waals surface area contributed by atoms with Crippen LogP contribution in [0.5, 0.6) is 0 Å². The number of hydrogen-bond donors (Lipinski definition) is 0. The minimum Gasteiger partial charge on any atom is -0.303 e. The smallest absolute Gasteiger partial charge is 0.138 e. The molecule has 1 saturated carbocycles. The van der Waals surface area contributed by atoms with E-state index in [2.05, 4.69) is 30.6 Å². The van der Waals surface area contributed by atoms with E-state index in [1.165, 1.54) is 58.2 Å². The molecule has 0 bridgehead atoms. The van der Waals surface area contributed by atoms with Gasteiger partial charge in [-0.2, -0.15) is 0 Å². The van der Waals surface area contributed by atoms with Crippen molar-refractivity contribution in [3.05, 3.63) is 0 Å². The Morgan fingerprint density at radius 2 is 1.41 bits per heavy atom. The third-order valence-electron chi connectivity index (χ3n) is 7.23. The van der Waals surface area contributed by atoms with Crippen LogP contribution in [-0.2, 0) is 4.79 Å². The maximum Gasteiger partial charge on any atom is 0.138 e. The SMILES string of the molecule is CC.CC1CCN(C2CCC(CN3CCC(C(=O)C(C)C)CC3)CC2)CC1. The second kappa shape index (κ2) is 11.6. The van der Waals surface area contributed by atoms with Crippen LogP contribution in [0.2, 0.25) is 0 Å². The van der Waals surface area contributed by atoms with Gasteiger partial charge in [0.2, 0.25) is 0 Å². The number of piperidine rings is 2. The van der Waals surface area contributed by atoms with Gasteiger partial charge in [0.25, 0.3) is 0 Å². The van der Waals surface area contributed by atoms with Gasteiger partial charge in [-0.1, -0.05) is 34.6 Å². The zero-order chi connectivity index (χ0) is 19.8. The second-order valence-corrected chi connectivity index (χ2v) is 9.52. The van der Waals surface area contributed by atoms with Crippen LogP contribution in [0, 0.1) is 23.7 Å². The first kappa shape index (κ1) is 22.9. The lowest BCUT2D eigenvalue weighted by Gasteiger charge is -2.41. The number of rotatable bonds is 5. The molecule has 2 heterocycles. The van der Waals surface area contributed by atoms with Gasteiger partial charge in [-0.15, -0.1) is 0 Å².